The molecule has 0 heteroatoms. The van der Waals surface area contributed by atoms with E-state index in [1.54, 1.807) is 0 Å². The number of hydrogen-bond acceptors (Lipinski definition) is 0. The topological polar surface area (TPSA) is 0 Å². The number of benzene rings is 1. The molecule has 0 aliphatic carbocycles. The highest BCUT2D eigenvalue weighted by Gasteiger charge is 1.88. The normalized spacial score (nSPS) is 9.55. The van der Waals surface area contributed by atoms with E-state index in [0.29, 0.717) is 0 Å². The number of hydrogen-bond donors (Lipinski definition) is 0. The van der Waals surface area contributed by atoms with Gasteiger partial charge in [-0.1, -0.05) is 24.3 Å². The first kappa shape index (κ1) is 6.24. The van der Waals surface area contributed by atoms with E-state index in [1.165, 1.54) is 10.9 Å². The standard InChI is InChI=1S/C11H8/c1-9-6-7-10-4-2-3-5-11(10)8-9/h2,4,6-8H,1H3. The summed E-state index contributed by atoms with van der Waals surface area (Å²) < 4.78 is 0. The highest BCUT2D eigenvalue weighted by atomic mass is 13.9. The van der Waals surface area contributed by atoms with Crippen molar-refractivity contribution in [2.24, 2.45) is 0 Å². The molecule has 0 spiro atoms. The van der Waals surface area contributed by atoms with Gasteiger partial charge in [0.15, 0.2) is 0 Å². The summed E-state index contributed by atoms with van der Waals surface area (Å²) in [6, 6.07) is 16.3. The zero-order valence-electron chi connectivity index (χ0n) is 6.39. The average Bonchev–Trinajstić information content (AvgIpc) is 2.04. The van der Waals surface area contributed by atoms with Gasteiger partial charge in [0.1, 0.15) is 0 Å². The molecule has 0 atom stereocenters. The predicted molar refractivity (Wildman–Crippen MR) is 46.4 cm³/mol. The minimum Gasteiger partial charge on any atom is -0.0696 e. The number of fused-ring (bicyclic) bond motifs is 1. The van der Waals surface area contributed by atoms with E-state index in [-0.39, 0.29) is 0 Å². The largest absolute Gasteiger partial charge is 0.0696 e. The van der Waals surface area contributed by atoms with Crippen LogP contribution < -0.4 is 0 Å². The minimum atomic E-state index is 1.15. The van der Waals surface area contributed by atoms with Crippen LogP contribution in [0.3, 0.4) is 0 Å². The highest BCUT2D eigenvalue weighted by Crippen LogP contribution is 2.11. The van der Waals surface area contributed by atoms with E-state index in [9.17, 15) is 0 Å². The zero-order valence-corrected chi connectivity index (χ0v) is 6.39. The molecule has 2 aromatic rings. The number of aryl methyl sites for hydroxylation is 1. The van der Waals surface area contributed by atoms with Crippen molar-refractivity contribution in [3.8, 4) is 0 Å². The SMILES string of the molecule is Cc1ccc2ccc#cc2c1. The maximum Gasteiger partial charge on any atom is 0.0324 e. The van der Waals surface area contributed by atoms with Crippen LogP contribution in [0.4, 0.5) is 0 Å². The third-order valence-electron chi connectivity index (χ3n) is 1.76. The quantitative estimate of drug-likeness (QED) is 0.527. The Morgan fingerprint density at radius 3 is 3.00 bits per heavy atom. The molecule has 0 unspecified atom stereocenters. The highest BCUT2D eigenvalue weighted by molar-refractivity contribution is 5.81. The predicted octanol–water partition coefficient (Wildman–Crippen LogP) is 2.75. The van der Waals surface area contributed by atoms with Crippen molar-refractivity contribution in [1.82, 2.24) is 0 Å². The zero-order chi connectivity index (χ0) is 7.68. The van der Waals surface area contributed by atoms with Crippen LogP contribution in [0.25, 0.3) is 10.8 Å². The summed E-state index contributed by atoms with van der Waals surface area (Å²) in [4.78, 5) is 0. The first-order valence-corrected chi connectivity index (χ1v) is 3.65. The van der Waals surface area contributed by atoms with Gasteiger partial charge in [0, 0.05) is 5.39 Å². The van der Waals surface area contributed by atoms with Crippen LogP contribution >= 0.6 is 0 Å². The Kier molecular flexibility index (Phi) is 1.30. The Labute approximate surface area is 66.5 Å². The van der Waals surface area contributed by atoms with Crippen molar-refractivity contribution in [1.29, 1.82) is 0 Å². The van der Waals surface area contributed by atoms with Gasteiger partial charge in [0.05, 0.1) is 0 Å². The molecule has 2 rings (SSSR count). The van der Waals surface area contributed by atoms with E-state index in [0.717, 1.165) is 5.39 Å². The van der Waals surface area contributed by atoms with Crippen LogP contribution in [-0.4, -0.2) is 0 Å². The van der Waals surface area contributed by atoms with E-state index in [4.69, 9.17) is 0 Å². The molecule has 0 heterocycles. The fraction of sp³-hybridized carbons (Fsp3) is 0.0909. The van der Waals surface area contributed by atoms with Crippen LogP contribution in [-0.2, 0) is 0 Å². The third-order valence-corrected chi connectivity index (χ3v) is 1.76. The Morgan fingerprint density at radius 2 is 2.09 bits per heavy atom. The van der Waals surface area contributed by atoms with Crippen LogP contribution in [0.2, 0.25) is 0 Å². The van der Waals surface area contributed by atoms with Gasteiger partial charge in [-0.15, -0.1) is 0 Å². The Bertz CT molecular complexity index is 374. The Morgan fingerprint density at radius 1 is 1.18 bits per heavy atom. The molecule has 52 valence electrons. The van der Waals surface area contributed by atoms with Gasteiger partial charge in [0.2, 0.25) is 0 Å². The minimum absolute atomic E-state index is 1.15. The molecule has 0 bridgehead atoms. The van der Waals surface area contributed by atoms with Crippen molar-refractivity contribution in [2.75, 3.05) is 0 Å². The van der Waals surface area contributed by atoms with E-state index >= 15 is 0 Å². The third kappa shape index (κ3) is 1.06. The van der Waals surface area contributed by atoms with Crippen LogP contribution in [0.15, 0.2) is 30.3 Å². The average molecular weight is 140 g/mol. The first-order valence-electron chi connectivity index (χ1n) is 3.65. The maximum absolute atomic E-state index is 3.07. The molecule has 11 heavy (non-hydrogen) atoms. The second kappa shape index (κ2) is 2.29. The summed E-state index contributed by atoms with van der Waals surface area (Å²) in [7, 11) is 0. The molecule has 2 aromatic carbocycles. The van der Waals surface area contributed by atoms with Crippen molar-refractivity contribution in [2.45, 2.75) is 6.92 Å². The first-order chi connectivity index (χ1) is 5.36. The lowest BCUT2D eigenvalue weighted by Crippen LogP contribution is -1.71. The van der Waals surface area contributed by atoms with Crippen molar-refractivity contribution in [3.05, 3.63) is 48.0 Å². The maximum atomic E-state index is 3.07. The lowest BCUT2D eigenvalue weighted by Gasteiger charge is -1.93. The molecule has 0 N–H and O–H groups in total. The van der Waals surface area contributed by atoms with Crippen molar-refractivity contribution in [3.63, 3.8) is 0 Å². The lowest BCUT2D eigenvalue weighted by molar-refractivity contribution is 1.51. The van der Waals surface area contributed by atoms with Crippen LogP contribution in [0.5, 0.6) is 0 Å². The molecule has 0 saturated carbocycles. The molecular weight excluding hydrogens is 132 g/mol. The summed E-state index contributed by atoms with van der Waals surface area (Å²) in [5.74, 6) is 0. The molecule has 0 fully saturated rings. The fourth-order valence-corrected chi connectivity index (χ4v) is 1.17. The second-order valence-corrected chi connectivity index (χ2v) is 2.69. The lowest BCUT2D eigenvalue weighted by atomic mass is 10.1. The molecule has 0 nitrogen and oxygen atoms in total. The molecule has 0 radical (unpaired) electrons. The van der Waals surface area contributed by atoms with Crippen molar-refractivity contribution < 1.29 is 0 Å². The molecule has 0 aromatic heterocycles. The van der Waals surface area contributed by atoms with Gasteiger partial charge in [-0.3, -0.25) is 0 Å². The molecule has 0 aliphatic rings. The number of rotatable bonds is 0. The van der Waals surface area contributed by atoms with Gasteiger partial charge in [-0.2, -0.15) is 0 Å². The van der Waals surface area contributed by atoms with Gasteiger partial charge in [-0.25, -0.2) is 0 Å². The summed E-state index contributed by atoms with van der Waals surface area (Å²) in [5, 5.41) is 2.38. The smallest absolute Gasteiger partial charge is 0.0324 e. The summed E-state index contributed by atoms with van der Waals surface area (Å²) in [6.07, 6.45) is 0. The van der Waals surface area contributed by atoms with Gasteiger partial charge < -0.3 is 0 Å². The molecule has 0 amide bonds. The second-order valence-electron chi connectivity index (χ2n) is 2.69. The van der Waals surface area contributed by atoms with E-state index in [1.807, 2.05) is 12.1 Å². The molecular formula is C11H8. The van der Waals surface area contributed by atoms with E-state index in [2.05, 4.69) is 37.3 Å². The Hall–Kier alpha value is -1.48. The van der Waals surface area contributed by atoms with Crippen LogP contribution in [0, 0.1) is 19.1 Å². The van der Waals surface area contributed by atoms with Gasteiger partial charge >= 0.3 is 0 Å². The fourth-order valence-electron chi connectivity index (χ4n) is 1.17. The van der Waals surface area contributed by atoms with Crippen LogP contribution in [0.1, 0.15) is 5.56 Å². The monoisotopic (exact) mass is 140 g/mol. The molecule has 0 aliphatic heterocycles. The summed E-state index contributed by atoms with van der Waals surface area (Å²) in [6.45, 7) is 2.08. The van der Waals surface area contributed by atoms with Crippen molar-refractivity contribution >= 4 is 10.8 Å². The van der Waals surface area contributed by atoms with E-state index < -0.39 is 0 Å². The van der Waals surface area contributed by atoms with Gasteiger partial charge in [0.25, 0.3) is 0 Å². The summed E-state index contributed by atoms with van der Waals surface area (Å²) >= 11 is 0. The molecule has 0 saturated heterocycles. The van der Waals surface area contributed by atoms with Gasteiger partial charge in [-0.05, 0) is 36.1 Å². The summed E-state index contributed by atoms with van der Waals surface area (Å²) in [5.41, 5.74) is 1.27. The Balaban J connectivity index is 2.83.